The lowest BCUT2D eigenvalue weighted by molar-refractivity contribution is 0.269. The average Bonchev–Trinajstić information content (AvgIpc) is 2.83. The average molecular weight is 334 g/mol. The minimum Gasteiger partial charge on any atom is -0.357 e. The second-order valence-electron chi connectivity index (χ2n) is 7.14. The van der Waals surface area contributed by atoms with E-state index in [2.05, 4.69) is 43.4 Å². The van der Waals surface area contributed by atoms with Crippen molar-refractivity contribution < 1.29 is 0 Å². The van der Waals surface area contributed by atoms with E-state index in [1.165, 1.54) is 43.4 Å². The Labute approximate surface area is 147 Å². The molecule has 1 heterocycles. The van der Waals surface area contributed by atoms with Crippen LogP contribution in [0.15, 0.2) is 4.99 Å². The van der Waals surface area contributed by atoms with E-state index >= 15 is 0 Å². The lowest BCUT2D eigenvalue weighted by atomic mass is 9.81. The Morgan fingerprint density at radius 3 is 2.33 bits per heavy atom. The van der Waals surface area contributed by atoms with Crippen molar-refractivity contribution in [3.8, 4) is 0 Å². The van der Waals surface area contributed by atoms with Crippen LogP contribution in [0, 0.1) is 25.7 Å². The van der Waals surface area contributed by atoms with Gasteiger partial charge in [0.1, 0.15) is 0 Å². The fourth-order valence-electron chi connectivity index (χ4n) is 3.63. The number of rotatable bonds is 6. The zero-order chi connectivity index (χ0) is 17.5. The number of nitrogens with zero attached hydrogens (tertiary/aromatic N) is 3. The second-order valence-corrected chi connectivity index (χ2v) is 7.14. The quantitative estimate of drug-likeness (QED) is 0.620. The van der Waals surface area contributed by atoms with E-state index in [1.807, 2.05) is 11.7 Å². The Morgan fingerprint density at radius 1 is 1.12 bits per heavy atom. The molecule has 2 N–H and O–H groups in total. The van der Waals surface area contributed by atoms with Crippen molar-refractivity contribution in [2.45, 2.75) is 66.3 Å². The predicted molar refractivity (Wildman–Crippen MR) is 101 cm³/mol. The summed E-state index contributed by atoms with van der Waals surface area (Å²) in [6.45, 7) is 11.2. The van der Waals surface area contributed by atoms with Crippen LogP contribution in [-0.4, -0.2) is 28.8 Å². The minimum atomic E-state index is 0.684. The topological polar surface area (TPSA) is 54.2 Å². The molecule has 0 atom stereocenters. The fourth-order valence-corrected chi connectivity index (χ4v) is 3.63. The van der Waals surface area contributed by atoms with E-state index < -0.39 is 0 Å². The maximum atomic E-state index is 4.78. The highest BCUT2D eigenvalue weighted by Gasteiger charge is 2.20. The summed E-state index contributed by atoms with van der Waals surface area (Å²) in [5.41, 5.74) is 3.51. The van der Waals surface area contributed by atoms with E-state index in [1.54, 1.807) is 0 Å². The summed E-state index contributed by atoms with van der Waals surface area (Å²) in [4.78, 5) is 4.78. The van der Waals surface area contributed by atoms with Gasteiger partial charge < -0.3 is 10.6 Å². The SMILES string of the molecule is CCNC(=NCc1c(C)nn(C)c1C)NCC1CCC(CC)CC1. The monoisotopic (exact) mass is 333 g/mol. The highest BCUT2D eigenvalue weighted by molar-refractivity contribution is 5.79. The summed E-state index contributed by atoms with van der Waals surface area (Å²) in [6, 6.07) is 0. The smallest absolute Gasteiger partial charge is 0.191 e. The van der Waals surface area contributed by atoms with Crippen molar-refractivity contribution in [3.05, 3.63) is 17.0 Å². The molecule has 0 amide bonds. The molecule has 5 heteroatoms. The van der Waals surface area contributed by atoms with Crippen LogP contribution < -0.4 is 10.6 Å². The maximum absolute atomic E-state index is 4.78. The van der Waals surface area contributed by atoms with Crippen LogP contribution in [0.4, 0.5) is 0 Å². The van der Waals surface area contributed by atoms with Crippen molar-refractivity contribution in [1.29, 1.82) is 0 Å². The molecule has 0 saturated heterocycles. The molecule has 0 spiro atoms. The lowest BCUT2D eigenvalue weighted by Gasteiger charge is -2.28. The number of nitrogens with one attached hydrogen (secondary N) is 2. The highest BCUT2D eigenvalue weighted by Crippen LogP contribution is 2.30. The summed E-state index contributed by atoms with van der Waals surface area (Å²) in [5.74, 6) is 2.68. The van der Waals surface area contributed by atoms with Gasteiger partial charge in [-0.2, -0.15) is 5.10 Å². The molecule has 0 unspecified atom stereocenters. The van der Waals surface area contributed by atoms with Gasteiger partial charge in [0, 0.05) is 31.4 Å². The molecule has 1 aliphatic carbocycles. The van der Waals surface area contributed by atoms with Crippen molar-refractivity contribution in [2.75, 3.05) is 13.1 Å². The van der Waals surface area contributed by atoms with Gasteiger partial charge in [0.15, 0.2) is 5.96 Å². The van der Waals surface area contributed by atoms with Crippen LogP contribution in [0.2, 0.25) is 0 Å². The Bertz CT molecular complexity index is 538. The zero-order valence-electron chi connectivity index (χ0n) is 16.2. The summed E-state index contributed by atoms with van der Waals surface area (Å²) in [5, 5.41) is 11.4. The third-order valence-corrected chi connectivity index (χ3v) is 5.50. The van der Waals surface area contributed by atoms with E-state index in [-0.39, 0.29) is 0 Å². The molecule has 24 heavy (non-hydrogen) atoms. The molecule has 1 aromatic heterocycles. The van der Waals surface area contributed by atoms with Crippen LogP contribution in [0.5, 0.6) is 0 Å². The molecule has 5 nitrogen and oxygen atoms in total. The summed E-state index contributed by atoms with van der Waals surface area (Å²) in [6.07, 6.45) is 6.83. The van der Waals surface area contributed by atoms with Gasteiger partial charge in [0.25, 0.3) is 0 Å². The molecule has 1 saturated carbocycles. The third kappa shape index (κ3) is 4.99. The van der Waals surface area contributed by atoms with Crippen molar-refractivity contribution >= 4 is 5.96 Å². The minimum absolute atomic E-state index is 0.684. The second kappa shape index (κ2) is 9.09. The Hall–Kier alpha value is -1.52. The van der Waals surface area contributed by atoms with Crippen LogP contribution in [0.1, 0.15) is 62.9 Å². The highest BCUT2D eigenvalue weighted by atomic mass is 15.3. The predicted octanol–water partition coefficient (Wildman–Crippen LogP) is 3.31. The normalized spacial score (nSPS) is 21.8. The van der Waals surface area contributed by atoms with Gasteiger partial charge in [0.2, 0.25) is 0 Å². The van der Waals surface area contributed by atoms with E-state index in [4.69, 9.17) is 4.99 Å². The van der Waals surface area contributed by atoms with Gasteiger partial charge in [-0.3, -0.25) is 4.68 Å². The van der Waals surface area contributed by atoms with Gasteiger partial charge in [-0.05, 0) is 45.4 Å². The van der Waals surface area contributed by atoms with Gasteiger partial charge in [0.05, 0.1) is 12.2 Å². The lowest BCUT2D eigenvalue weighted by Crippen LogP contribution is -2.40. The van der Waals surface area contributed by atoms with Crippen LogP contribution in [-0.2, 0) is 13.6 Å². The van der Waals surface area contributed by atoms with Crippen LogP contribution in [0.3, 0.4) is 0 Å². The Balaban J connectivity index is 1.89. The first kappa shape index (κ1) is 18.8. The van der Waals surface area contributed by atoms with Crippen molar-refractivity contribution in [3.63, 3.8) is 0 Å². The van der Waals surface area contributed by atoms with E-state index in [9.17, 15) is 0 Å². The molecule has 0 bridgehead atoms. The van der Waals surface area contributed by atoms with Crippen molar-refractivity contribution in [1.82, 2.24) is 20.4 Å². The molecule has 1 fully saturated rings. The molecular formula is C19H35N5. The van der Waals surface area contributed by atoms with E-state index in [0.29, 0.717) is 6.54 Å². The number of aromatic nitrogens is 2. The molecule has 0 radical (unpaired) electrons. The molecule has 1 aromatic rings. The van der Waals surface area contributed by atoms with Crippen LogP contribution >= 0.6 is 0 Å². The number of hydrogen-bond acceptors (Lipinski definition) is 2. The van der Waals surface area contributed by atoms with Gasteiger partial charge in [-0.15, -0.1) is 0 Å². The van der Waals surface area contributed by atoms with Gasteiger partial charge in [-0.1, -0.05) is 26.2 Å². The van der Waals surface area contributed by atoms with Crippen molar-refractivity contribution in [2.24, 2.45) is 23.9 Å². The Morgan fingerprint density at radius 2 is 1.79 bits per heavy atom. The standard InChI is InChI=1S/C19H35N5/c1-6-16-8-10-17(11-9-16)12-21-19(20-7-2)22-13-18-14(3)23-24(5)15(18)4/h16-17H,6-13H2,1-5H3,(H2,20,21,22). The maximum Gasteiger partial charge on any atom is 0.191 e. The van der Waals surface area contributed by atoms with Crippen LogP contribution in [0.25, 0.3) is 0 Å². The summed E-state index contributed by atoms with van der Waals surface area (Å²) < 4.78 is 1.94. The largest absolute Gasteiger partial charge is 0.357 e. The number of aliphatic imine (C=N–C) groups is 1. The summed E-state index contributed by atoms with van der Waals surface area (Å²) >= 11 is 0. The van der Waals surface area contributed by atoms with Gasteiger partial charge >= 0.3 is 0 Å². The first-order chi connectivity index (χ1) is 11.5. The van der Waals surface area contributed by atoms with E-state index in [0.717, 1.165) is 36.6 Å². The number of hydrogen-bond donors (Lipinski definition) is 2. The molecular weight excluding hydrogens is 298 g/mol. The fraction of sp³-hybridized carbons (Fsp3) is 0.789. The first-order valence-corrected chi connectivity index (χ1v) is 9.56. The first-order valence-electron chi connectivity index (χ1n) is 9.56. The summed E-state index contributed by atoms with van der Waals surface area (Å²) in [7, 11) is 1.99. The molecule has 136 valence electrons. The molecule has 2 rings (SSSR count). The number of guanidine groups is 1. The Kier molecular flexibility index (Phi) is 7.13. The molecule has 0 aromatic carbocycles. The third-order valence-electron chi connectivity index (χ3n) is 5.50. The molecule has 0 aliphatic heterocycles. The number of aryl methyl sites for hydroxylation is 2. The molecule has 1 aliphatic rings. The zero-order valence-corrected chi connectivity index (χ0v) is 16.2. The van der Waals surface area contributed by atoms with Gasteiger partial charge in [-0.25, -0.2) is 4.99 Å².